The molecule has 1 heterocycles. The second-order valence-corrected chi connectivity index (χ2v) is 7.05. The van der Waals surface area contributed by atoms with Crippen molar-refractivity contribution in [2.75, 3.05) is 26.7 Å². The van der Waals surface area contributed by atoms with Crippen LogP contribution in [0.5, 0.6) is 0 Å². The van der Waals surface area contributed by atoms with E-state index in [0.29, 0.717) is 6.04 Å². The van der Waals surface area contributed by atoms with Gasteiger partial charge < -0.3 is 5.32 Å². The number of hydrogen-bond donors (Lipinski definition) is 1. The zero-order chi connectivity index (χ0) is 14.8. The summed E-state index contributed by atoms with van der Waals surface area (Å²) in [6.07, 6.45) is 1.31. The molecule has 1 N–H and O–H groups in total. The van der Waals surface area contributed by atoms with E-state index in [1.165, 1.54) is 24.1 Å². The van der Waals surface area contributed by atoms with Gasteiger partial charge in [0.15, 0.2) is 0 Å². The third-order valence-corrected chi connectivity index (χ3v) is 4.62. The second kappa shape index (κ2) is 6.28. The lowest BCUT2D eigenvalue weighted by Gasteiger charge is -2.28. The maximum Gasteiger partial charge on any atom is 0.0388 e. The first-order valence-corrected chi connectivity index (χ1v) is 7.96. The third-order valence-electron chi connectivity index (χ3n) is 4.62. The number of benzene rings is 1. The number of nitrogens with one attached hydrogen (secondary N) is 1. The normalized spacial score (nSPS) is 24.2. The van der Waals surface area contributed by atoms with Crippen molar-refractivity contribution in [1.82, 2.24) is 10.2 Å². The van der Waals surface area contributed by atoms with Gasteiger partial charge >= 0.3 is 0 Å². The summed E-state index contributed by atoms with van der Waals surface area (Å²) in [5, 5.41) is 3.36. The Balaban J connectivity index is 2.23. The van der Waals surface area contributed by atoms with Gasteiger partial charge in [-0.3, -0.25) is 4.90 Å². The minimum atomic E-state index is 0.239. The highest BCUT2D eigenvalue weighted by Gasteiger charge is 2.33. The lowest BCUT2D eigenvalue weighted by molar-refractivity contribution is 0.238. The van der Waals surface area contributed by atoms with Gasteiger partial charge in [0.25, 0.3) is 0 Å². The van der Waals surface area contributed by atoms with Crippen LogP contribution in [0.2, 0.25) is 0 Å². The molecule has 0 aromatic heterocycles. The van der Waals surface area contributed by atoms with E-state index in [4.69, 9.17) is 0 Å². The quantitative estimate of drug-likeness (QED) is 0.902. The molecule has 1 aromatic rings. The molecule has 2 rings (SSSR count). The summed E-state index contributed by atoms with van der Waals surface area (Å²) in [7, 11) is 2.06. The molecule has 20 heavy (non-hydrogen) atoms. The van der Waals surface area contributed by atoms with Gasteiger partial charge in [0, 0.05) is 6.04 Å². The summed E-state index contributed by atoms with van der Waals surface area (Å²) in [4.78, 5) is 2.62. The molecule has 1 aromatic carbocycles. The Morgan fingerprint density at radius 1 is 1.20 bits per heavy atom. The van der Waals surface area contributed by atoms with Crippen LogP contribution in [0.3, 0.4) is 0 Å². The monoisotopic (exact) mass is 274 g/mol. The topological polar surface area (TPSA) is 15.3 Å². The molecule has 2 nitrogen and oxygen atoms in total. The first kappa shape index (κ1) is 15.5. The number of nitrogens with zero attached hydrogens (tertiary/aromatic N) is 1. The van der Waals surface area contributed by atoms with E-state index in [1.54, 1.807) is 0 Å². The highest BCUT2D eigenvalue weighted by Crippen LogP contribution is 2.37. The average Bonchev–Trinajstić information content (AvgIpc) is 2.81. The molecule has 1 aliphatic rings. The van der Waals surface area contributed by atoms with Gasteiger partial charge in [-0.1, -0.05) is 52.0 Å². The van der Waals surface area contributed by atoms with Crippen LogP contribution in [-0.4, -0.2) is 31.6 Å². The van der Waals surface area contributed by atoms with E-state index in [1.807, 2.05) is 0 Å². The van der Waals surface area contributed by atoms with Crippen molar-refractivity contribution in [3.05, 3.63) is 35.4 Å². The summed E-state index contributed by atoms with van der Waals surface area (Å²) in [5.74, 6) is 0.737. The SMILES string of the molecule is CCN1CCC(CNC)C1c1ccc(C(C)(C)C)cc1. The molecule has 0 radical (unpaired) electrons. The second-order valence-electron chi connectivity index (χ2n) is 7.05. The van der Waals surface area contributed by atoms with Gasteiger partial charge in [0.05, 0.1) is 0 Å². The molecule has 2 unspecified atom stereocenters. The molecular formula is C18H30N2. The fourth-order valence-corrected chi connectivity index (χ4v) is 3.42. The third kappa shape index (κ3) is 3.24. The van der Waals surface area contributed by atoms with Gasteiger partial charge in [-0.25, -0.2) is 0 Å². The maximum absolute atomic E-state index is 3.36. The minimum Gasteiger partial charge on any atom is -0.319 e. The largest absolute Gasteiger partial charge is 0.319 e. The molecule has 0 aliphatic carbocycles. The lowest BCUT2D eigenvalue weighted by atomic mass is 9.85. The van der Waals surface area contributed by atoms with Crippen molar-refractivity contribution in [1.29, 1.82) is 0 Å². The Morgan fingerprint density at radius 3 is 2.35 bits per heavy atom. The van der Waals surface area contributed by atoms with Crippen LogP contribution < -0.4 is 5.32 Å². The summed E-state index contributed by atoms with van der Waals surface area (Å²) in [5.41, 5.74) is 3.15. The lowest BCUT2D eigenvalue weighted by Crippen LogP contribution is -2.29. The Kier molecular flexibility index (Phi) is 4.87. The van der Waals surface area contributed by atoms with Crippen molar-refractivity contribution in [2.24, 2.45) is 5.92 Å². The van der Waals surface area contributed by atoms with E-state index >= 15 is 0 Å². The van der Waals surface area contributed by atoms with Crippen LogP contribution in [-0.2, 0) is 5.41 Å². The number of hydrogen-bond acceptors (Lipinski definition) is 2. The van der Waals surface area contributed by atoms with Gasteiger partial charge in [-0.15, -0.1) is 0 Å². The van der Waals surface area contributed by atoms with Crippen LogP contribution in [0.25, 0.3) is 0 Å². The van der Waals surface area contributed by atoms with Crippen LogP contribution in [0.4, 0.5) is 0 Å². The zero-order valence-corrected chi connectivity index (χ0v) is 13.7. The summed E-state index contributed by atoms with van der Waals surface area (Å²) >= 11 is 0. The molecule has 1 fully saturated rings. The standard InChI is InChI=1S/C18H30N2/c1-6-20-12-11-15(13-19-5)17(20)14-7-9-16(10-8-14)18(2,3)4/h7-10,15,17,19H,6,11-13H2,1-5H3. The van der Waals surface area contributed by atoms with E-state index in [0.717, 1.165) is 19.0 Å². The number of rotatable bonds is 4. The summed E-state index contributed by atoms with van der Waals surface area (Å²) in [6, 6.07) is 9.92. The molecule has 112 valence electrons. The van der Waals surface area contributed by atoms with Gasteiger partial charge in [0.1, 0.15) is 0 Å². The summed E-state index contributed by atoms with van der Waals surface area (Å²) in [6.45, 7) is 12.6. The average molecular weight is 274 g/mol. The van der Waals surface area contributed by atoms with Crippen molar-refractivity contribution < 1.29 is 0 Å². The van der Waals surface area contributed by atoms with Crippen LogP contribution in [0, 0.1) is 5.92 Å². The van der Waals surface area contributed by atoms with Crippen molar-refractivity contribution in [3.63, 3.8) is 0 Å². The van der Waals surface area contributed by atoms with Crippen LogP contribution in [0.15, 0.2) is 24.3 Å². The zero-order valence-electron chi connectivity index (χ0n) is 13.7. The Hall–Kier alpha value is -0.860. The smallest absolute Gasteiger partial charge is 0.0388 e. The van der Waals surface area contributed by atoms with Gasteiger partial charge in [0.2, 0.25) is 0 Å². The Bertz CT molecular complexity index is 416. The van der Waals surface area contributed by atoms with E-state index in [9.17, 15) is 0 Å². The van der Waals surface area contributed by atoms with E-state index < -0.39 is 0 Å². The molecule has 0 bridgehead atoms. The van der Waals surface area contributed by atoms with Crippen molar-refractivity contribution in [2.45, 2.75) is 45.6 Å². The predicted molar refractivity (Wildman–Crippen MR) is 87.2 cm³/mol. The highest BCUT2D eigenvalue weighted by atomic mass is 15.2. The molecule has 0 amide bonds. The molecule has 0 saturated carbocycles. The fourth-order valence-electron chi connectivity index (χ4n) is 3.42. The molecular weight excluding hydrogens is 244 g/mol. The maximum atomic E-state index is 3.36. The molecule has 2 atom stereocenters. The van der Waals surface area contributed by atoms with Crippen molar-refractivity contribution >= 4 is 0 Å². The minimum absolute atomic E-state index is 0.239. The predicted octanol–water partition coefficient (Wildman–Crippen LogP) is 3.59. The molecule has 0 spiro atoms. The fraction of sp³-hybridized carbons (Fsp3) is 0.667. The number of likely N-dealkylation sites (tertiary alicyclic amines) is 1. The van der Waals surface area contributed by atoms with Crippen LogP contribution in [0.1, 0.15) is 51.3 Å². The van der Waals surface area contributed by atoms with E-state index in [2.05, 4.69) is 69.2 Å². The first-order chi connectivity index (χ1) is 9.47. The highest BCUT2D eigenvalue weighted by molar-refractivity contribution is 5.30. The first-order valence-electron chi connectivity index (χ1n) is 7.96. The Labute approximate surface area is 124 Å². The molecule has 1 saturated heterocycles. The molecule has 1 aliphatic heterocycles. The Morgan fingerprint density at radius 2 is 1.85 bits per heavy atom. The van der Waals surface area contributed by atoms with Crippen molar-refractivity contribution in [3.8, 4) is 0 Å². The van der Waals surface area contributed by atoms with E-state index in [-0.39, 0.29) is 5.41 Å². The van der Waals surface area contributed by atoms with Crippen LogP contribution >= 0.6 is 0 Å². The van der Waals surface area contributed by atoms with Gasteiger partial charge in [-0.2, -0.15) is 0 Å². The van der Waals surface area contributed by atoms with Gasteiger partial charge in [-0.05, 0) is 55.6 Å². The molecule has 2 heteroatoms. The summed E-state index contributed by atoms with van der Waals surface area (Å²) < 4.78 is 0.